The fourth-order valence-electron chi connectivity index (χ4n) is 0.594. The van der Waals surface area contributed by atoms with Gasteiger partial charge in [-0.25, -0.2) is 4.98 Å². The lowest BCUT2D eigenvalue weighted by molar-refractivity contribution is 1.29. The summed E-state index contributed by atoms with van der Waals surface area (Å²) in [4.78, 5) is 3.82. The third kappa shape index (κ3) is 1.73. The van der Waals surface area contributed by atoms with Gasteiger partial charge in [-0.2, -0.15) is 0 Å². The van der Waals surface area contributed by atoms with Crippen LogP contribution < -0.4 is 5.73 Å². The second-order valence-electron chi connectivity index (χ2n) is 1.84. The summed E-state index contributed by atoms with van der Waals surface area (Å²) in [6.45, 7) is 0. The number of nitrogens with zero attached hydrogens (tertiary/aromatic N) is 1. The molecule has 0 aromatic carbocycles. The Morgan fingerprint density at radius 2 is 2.40 bits per heavy atom. The molecule has 4 heteroatoms. The van der Waals surface area contributed by atoms with Crippen LogP contribution in [0.5, 0.6) is 0 Å². The molecule has 0 radical (unpaired) electrons. The van der Waals surface area contributed by atoms with Crippen LogP contribution in [0.25, 0.3) is 0 Å². The average Bonchev–Trinajstić information content (AvgIpc) is 1.94. The van der Waals surface area contributed by atoms with Gasteiger partial charge in [0.2, 0.25) is 0 Å². The van der Waals surface area contributed by atoms with Gasteiger partial charge in [-0.05, 0) is 11.6 Å². The van der Waals surface area contributed by atoms with E-state index < -0.39 is 0 Å². The van der Waals surface area contributed by atoms with E-state index >= 15 is 0 Å². The van der Waals surface area contributed by atoms with E-state index in [1.807, 2.05) is 0 Å². The summed E-state index contributed by atoms with van der Waals surface area (Å²) in [5.41, 5.74) is 7.32. The molecule has 0 aliphatic carbocycles. The fraction of sp³-hybridized carbons (Fsp3) is 0.167. The van der Waals surface area contributed by atoms with Crippen molar-refractivity contribution < 1.29 is 0 Å². The van der Waals surface area contributed by atoms with Crippen LogP contribution in [0.2, 0.25) is 5.15 Å². The van der Waals surface area contributed by atoms with Gasteiger partial charge in [-0.1, -0.05) is 34.2 Å². The maximum atomic E-state index is 5.63. The third-order valence-corrected chi connectivity index (χ3v) is 2.16. The Kier molecular flexibility index (Phi) is 2.73. The predicted molar refractivity (Wildman–Crippen MR) is 51.4 cm³/mol. The number of aromatic nitrogens is 1. The van der Waals surface area contributed by atoms with E-state index in [-0.39, 0.29) is 0 Å². The number of halogens is 2. The Hall–Kier alpha value is -0.0300. The molecular formula is C6H6ClIN2. The summed E-state index contributed by atoms with van der Waals surface area (Å²) >= 11 is 7.85. The van der Waals surface area contributed by atoms with E-state index in [1.165, 1.54) is 0 Å². The van der Waals surface area contributed by atoms with Gasteiger partial charge in [0.25, 0.3) is 0 Å². The molecule has 1 rings (SSSR count). The highest BCUT2D eigenvalue weighted by Gasteiger charge is 1.97. The summed E-state index contributed by atoms with van der Waals surface area (Å²) in [6.07, 6.45) is 1.58. The van der Waals surface area contributed by atoms with Crippen LogP contribution in [0, 0.1) is 0 Å². The molecule has 0 unspecified atom stereocenters. The zero-order valence-corrected chi connectivity index (χ0v) is 8.06. The Morgan fingerprint density at radius 1 is 1.70 bits per heavy atom. The first-order valence-electron chi connectivity index (χ1n) is 2.70. The van der Waals surface area contributed by atoms with Crippen molar-refractivity contribution >= 4 is 39.9 Å². The number of rotatable bonds is 1. The van der Waals surface area contributed by atoms with Gasteiger partial charge in [0.1, 0.15) is 5.15 Å². The van der Waals surface area contributed by atoms with Crippen LogP contribution in [0.1, 0.15) is 5.56 Å². The highest BCUT2D eigenvalue weighted by atomic mass is 127. The number of nitrogens with two attached hydrogens (primary N) is 1. The molecule has 2 nitrogen and oxygen atoms in total. The molecule has 0 amide bonds. The van der Waals surface area contributed by atoms with Crippen LogP contribution in [0.3, 0.4) is 0 Å². The molecule has 54 valence electrons. The number of nitrogen functional groups attached to an aromatic ring is 1. The second-order valence-corrected chi connectivity index (χ2v) is 2.99. The summed E-state index contributed by atoms with van der Waals surface area (Å²) in [5.74, 6) is 0. The molecule has 0 aliphatic heterocycles. The second kappa shape index (κ2) is 3.39. The number of pyridine rings is 1. The minimum Gasteiger partial charge on any atom is -0.397 e. The van der Waals surface area contributed by atoms with Crippen molar-refractivity contribution in [2.75, 3.05) is 5.73 Å². The third-order valence-electron chi connectivity index (χ3n) is 1.14. The molecule has 0 fully saturated rings. The van der Waals surface area contributed by atoms with E-state index in [9.17, 15) is 0 Å². The molecule has 1 aromatic heterocycles. The van der Waals surface area contributed by atoms with E-state index in [4.69, 9.17) is 17.3 Å². The highest BCUT2D eigenvalue weighted by molar-refractivity contribution is 14.1. The first-order valence-corrected chi connectivity index (χ1v) is 4.60. The predicted octanol–water partition coefficient (Wildman–Crippen LogP) is 2.25. The Bertz CT molecular complexity index is 239. The lowest BCUT2D eigenvalue weighted by Gasteiger charge is -1.99. The Labute approximate surface area is 77.9 Å². The summed E-state index contributed by atoms with van der Waals surface area (Å²) < 4.78 is 0.867. The fourth-order valence-corrected chi connectivity index (χ4v) is 1.44. The zero-order chi connectivity index (χ0) is 7.56. The Balaban J connectivity index is 3.09. The number of hydrogen-bond donors (Lipinski definition) is 1. The molecule has 2 N–H and O–H groups in total. The van der Waals surface area contributed by atoms with Crippen molar-refractivity contribution in [2.45, 2.75) is 4.43 Å². The molecule has 0 spiro atoms. The van der Waals surface area contributed by atoms with Gasteiger partial charge < -0.3 is 5.73 Å². The number of alkyl halides is 1. The van der Waals surface area contributed by atoms with Crippen molar-refractivity contribution in [1.29, 1.82) is 0 Å². The van der Waals surface area contributed by atoms with Gasteiger partial charge >= 0.3 is 0 Å². The van der Waals surface area contributed by atoms with Gasteiger partial charge in [0.15, 0.2) is 0 Å². The van der Waals surface area contributed by atoms with E-state index in [0.29, 0.717) is 10.8 Å². The lowest BCUT2D eigenvalue weighted by Crippen LogP contribution is -1.92. The summed E-state index contributed by atoms with van der Waals surface area (Å²) in [6, 6.07) is 1.78. The number of anilines is 1. The van der Waals surface area contributed by atoms with Crippen molar-refractivity contribution in [1.82, 2.24) is 4.98 Å². The van der Waals surface area contributed by atoms with E-state index in [1.54, 1.807) is 12.3 Å². The molecule has 0 bridgehead atoms. The molecule has 0 aliphatic rings. The summed E-state index contributed by atoms with van der Waals surface area (Å²) in [5, 5.41) is 0.501. The van der Waals surface area contributed by atoms with E-state index in [2.05, 4.69) is 27.6 Å². The minimum absolute atomic E-state index is 0.501. The van der Waals surface area contributed by atoms with Crippen LogP contribution in [-0.2, 0) is 4.43 Å². The molecule has 1 heterocycles. The van der Waals surface area contributed by atoms with Gasteiger partial charge in [0, 0.05) is 4.43 Å². The van der Waals surface area contributed by atoms with Crippen LogP contribution in [0.4, 0.5) is 5.69 Å². The zero-order valence-electron chi connectivity index (χ0n) is 5.14. The van der Waals surface area contributed by atoms with Crippen LogP contribution in [-0.4, -0.2) is 4.98 Å². The van der Waals surface area contributed by atoms with Crippen molar-refractivity contribution in [3.8, 4) is 0 Å². The topological polar surface area (TPSA) is 38.9 Å². The molecule has 1 aromatic rings. The standard InChI is InChI=1S/C6H6ClIN2/c7-6-1-4(2-8)5(9)3-10-6/h1,3H,2,9H2. The molecular weight excluding hydrogens is 262 g/mol. The van der Waals surface area contributed by atoms with Crippen LogP contribution >= 0.6 is 34.2 Å². The molecule has 10 heavy (non-hydrogen) atoms. The van der Waals surface area contributed by atoms with Crippen molar-refractivity contribution in [3.63, 3.8) is 0 Å². The maximum absolute atomic E-state index is 5.63. The molecule has 0 saturated heterocycles. The lowest BCUT2D eigenvalue weighted by atomic mass is 10.3. The SMILES string of the molecule is Nc1cnc(Cl)cc1CI. The normalized spacial score (nSPS) is 9.80. The van der Waals surface area contributed by atoms with Gasteiger partial charge in [-0.15, -0.1) is 0 Å². The van der Waals surface area contributed by atoms with Gasteiger partial charge in [-0.3, -0.25) is 0 Å². The largest absolute Gasteiger partial charge is 0.397 e. The highest BCUT2D eigenvalue weighted by Crippen LogP contribution is 2.17. The number of hydrogen-bond acceptors (Lipinski definition) is 2. The van der Waals surface area contributed by atoms with E-state index in [0.717, 1.165) is 9.99 Å². The average molecular weight is 268 g/mol. The monoisotopic (exact) mass is 268 g/mol. The first-order chi connectivity index (χ1) is 4.74. The molecule has 0 saturated carbocycles. The molecule has 0 atom stereocenters. The minimum atomic E-state index is 0.501. The summed E-state index contributed by atoms with van der Waals surface area (Å²) in [7, 11) is 0. The van der Waals surface area contributed by atoms with Crippen molar-refractivity contribution in [3.05, 3.63) is 23.0 Å². The van der Waals surface area contributed by atoms with Crippen molar-refractivity contribution in [2.24, 2.45) is 0 Å². The maximum Gasteiger partial charge on any atom is 0.129 e. The van der Waals surface area contributed by atoms with Gasteiger partial charge in [0.05, 0.1) is 11.9 Å². The Morgan fingerprint density at radius 3 is 2.90 bits per heavy atom. The van der Waals surface area contributed by atoms with Crippen LogP contribution in [0.15, 0.2) is 12.3 Å². The first kappa shape index (κ1) is 8.07. The quantitative estimate of drug-likeness (QED) is 0.482. The smallest absolute Gasteiger partial charge is 0.129 e.